The van der Waals surface area contributed by atoms with Crippen LogP contribution in [0.1, 0.15) is 44.9 Å². The highest BCUT2D eigenvalue weighted by Crippen LogP contribution is 2.11. The molecule has 0 unspecified atom stereocenters. The molecule has 0 aliphatic carbocycles. The number of pyridine rings is 1. The number of aryl methyl sites for hydroxylation is 2. The van der Waals surface area contributed by atoms with Crippen LogP contribution in [0.25, 0.3) is 5.82 Å². The molecule has 0 aromatic carbocycles. The fourth-order valence-corrected chi connectivity index (χ4v) is 1.96. The maximum absolute atomic E-state index is 4.53. The second kappa shape index (κ2) is 6.61. The Morgan fingerprint density at radius 1 is 1.25 bits per heavy atom. The Bertz CT molecular complexity index is 559. The normalized spacial score (nSPS) is 11.2. The van der Waals surface area contributed by atoms with Crippen molar-refractivity contribution in [2.24, 2.45) is 0 Å². The number of aromatic nitrogens is 4. The SMILES string of the molecule is CCc1nc(CC)n(-c2cc(CNC(C)C)ccn2)n1. The zero-order valence-corrected chi connectivity index (χ0v) is 12.7. The fraction of sp³-hybridized carbons (Fsp3) is 0.533. The van der Waals surface area contributed by atoms with Crippen LogP contribution < -0.4 is 5.32 Å². The number of nitrogens with zero attached hydrogens (tertiary/aromatic N) is 4. The monoisotopic (exact) mass is 273 g/mol. The predicted octanol–water partition coefficient (Wildman–Crippen LogP) is 2.29. The van der Waals surface area contributed by atoms with E-state index >= 15 is 0 Å². The van der Waals surface area contributed by atoms with E-state index in [-0.39, 0.29) is 0 Å². The van der Waals surface area contributed by atoms with Crippen molar-refractivity contribution in [1.29, 1.82) is 0 Å². The van der Waals surface area contributed by atoms with Gasteiger partial charge >= 0.3 is 0 Å². The summed E-state index contributed by atoms with van der Waals surface area (Å²) in [7, 11) is 0. The number of hydrogen-bond donors (Lipinski definition) is 1. The quantitative estimate of drug-likeness (QED) is 0.877. The molecule has 2 heterocycles. The Kier molecular flexibility index (Phi) is 4.84. The summed E-state index contributed by atoms with van der Waals surface area (Å²) in [6, 6.07) is 4.57. The first-order valence-electron chi connectivity index (χ1n) is 7.27. The molecular formula is C15H23N5. The summed E-state index contributed by atoms with van der Waals surface area (Å²) in [6.45, 7) is 9.27. The van der Waals surface area contributed by atoms with Gasteiger partial charge in [0.1, 0.15) is 5.82 Å². The van der Waals surface area contributed by atoms with Gasteiger partial charge in [0.2, 0.25) is 0 Å². The maximum atomic E-state index is 4.53. The van der Waals surface area contributed by atoms with Gasteiger partial charge in [-0.15, -0.1) is 5.10 Å². The molecule has 108 valence electrons. The molecule has 2 aromatic heterocycles. The highest BCUT2D eigenvalue weighted by atomic mass is 15.4. The van der Waals surface area contributed by atoms with E-state index in [0.717, 1.165) is 36.9 Å². The lowest BCUT2D eigenvalue weighted by Crippen LogP contribution is -2.22. The molecule has 0 amide bonds. The molecule has 0 radical (unpaired) electrons. The van der Waals surface area contributed by atoms with Gasteiger partial charge in [0, 0.05) is 31.6 Å². The number of nitrogens with one attached hydrogen (secondary N) is 1. The molecular weight excluding hydrogens is 250 g/mol. The van der Waals surface area contributed by atoms with Crippen molar-refractivity contribution in [3.05, 3.63) is 35.5 Å². The topological polar surface area (TPSA) is 55.6 Å². The van der Waals surface area contributed by atoms with Crippen molar-refractivity contribution in [3.63, 3.8) is 0 Å². The van der Waals surface area contributed by atoms with Crippen LogP contribution in [-0.4, -0.2) is 25.8 Å². The summed E-state index contributed by atoms with van der Waals surface area (Å²) in [6.07, 6.45) is 3.52. The average Bonchev–Trinajstić information content (AvgIpc) is 2.89. The maximum Gasteiger partial charge on any atom is 0.155 e. The Labute approximate surface area is 120 Å². The van der Waals surface area contributed by atoms with E-state index in [1.54, 1.807) is 0 Å². The molecule has 5 heteroatoms. The lowest BCUT2D eigenvalue weighted by molar-refractivity contribution is 0.588. The van der Waals surface area contributed by atoms with Gasteiger partial charge in [0.15, 0.2) is 11.6 Å². The lowest BCUT2D eigenvalue weighted by atomic mass is 10.2. The van der Waals surface area contributed by atoms with Gasteiger partial charge in [-0.2, -0.15) is 4.68 Å². The summed E-state index contributed by atoms with van der Waals surface area (Å²) in [4.78, 5) is 8.95. The number of hydrogen-bond acceptors (Lipinski definition) is 4. The first-order chi connectivity index (χ1) is 9.63. The number of rotatable bonds is 6. The van der Waals surface area contributed by atoms with Gasteiger partial charge in [-0.05, 0) is 17.7 Å². The molecule has 0 saturated carbocycles. The van der Waals surface area contributed by atoms with Crippen LogP contribution in [0, 0.1) is 0 Å². The first kappa shape index (κ1) is 14.7. The van der Waals surface area contributed by atoms with Crippen molar-refractivity contribution in [3.8, 4) is 5.82 Å². The van der Waals surface area contributed by atoms with E-state index < -0.39 is 0 Å². The third kappa shape index (κ3) is 3.42. The zero-order chi connectivity index (χ0) is 14.5. The second-order valence-corrected chi connectivity index (χ2v) is 5.12. The largest absolute Gasteiger partial charge is 0.310 e. The molecule has 5 nitrogen and oxygen atoms in total. The van der Waals surface area contributed by atoms with Crippen molar-refractivity contribution in [1.82, 2.24) is 25.1 Å². The third-order valence-corrected chi connectivity index (χ3v) is 3.09. The van der Waals surface area contributed by atoms with Crippen molar-refractivity contribution in [2.75, 3.05) is 0 Å². The molecule has 2 rings (SSSR count). The highest BCUT2D eigenvalue weighted by Gasteiger charge is 2.10. The van der Waals surface area contributed by atoms with Gasteiger partial charge in [0.25, 0.3) is 0 Å². The predicted molar refractivity (Wildman–Crippen MR) is 79.9 cm³/mol. The summed E-state index contributed by atoms with van der Waals surface area (Å²) >= 11 is 0. The molecule has 20 heavy (non-hydrogen) atoms. The lowest BCUT2D eigenvalue weighted by Gasteiger charge is -2.09. The summed E-state index contributed by atoms with van der Waals surface area (Å²) in [5.41, 5.74) is 1.21. The molecule has 0 atom stereocenters. The Hall–Kier alpha value is -1.75. The van der Waals surface area contributed by atoms with Gasteiger partial charge < -0.3 is 5.32 Å². The van der Waals surface area contributed by atoms with Crippen molar-refractivity contribution in [2.45, 2.75) is 53.1 Å². The van der Waals surface area contributed by atoms with E-state index in [4.69, 9.17) is 0 Å². The Morgan fingerprint density at radius 2 is 2.05 bits per heavy atom. The summed E-state index contributed by atoms with van der Waals surface area (Å²) in [5, 5.41) is 7.94. The van der Waals surface area contributed by atoms with Gasteiger partial charge in [0.05, 0.1) is 0 Å². The van der Waals surface area contributed by atoms with Gasteiger partial charge in [-0.3, -0.25) is 0 Å². The molecule has 0 fully saturated rings. The molecule has 0 bridgehead atoms. The minimum Gasteiger partial charge on any atom is -0.310 e. The molecule has 0 aliphatic heterocycles. The van der Waals surface area contributed by atoms with E-state index in [9.17, 15) is 0 Å². The van der Waals surface area contributed by atoms with Crippen LogP contribution >= 0.6 is 0 Å². The van der Waals surface area contributed by atoms with Gasteiger partial charge in [-0.25, -0.2) is 9.97 Å². The fourth-order valence-electron chi connectivity index (χ4n) is 1.96. The van der Waals surface area contributed by atoms with E-state index in [0.29, 0.717) is 6.04 Å². The highest BCUT2D eigenvalue weighted by molar-refractivity contribution is 5.28. The van der Waals surface area contributed by atoms with Gasteiger partial charge in [-0.1, -0.05) is 27.7 Å². The van der Waals surface area contributed by atoms with Crippen molar-refractivity contribution >= 4 is 0 Å². The Balaban J connectivity index is 2.28. The van der Waals surface area contributed by atoms with Crippen LogP contribution in [0.2, 0.25) is 0 Å². The summed E-state index contributed by atoms with van der Waals surface area (Å²) in [5.74, 6) is 2.68. The summed E-state index contributed by atoms with van der Waals surface area (Å²) < 4.78 is 1.86. The zero-order valence-electron chi connectivity index (χ0n) is 12.7. The third-order valence-electron chi connectivity index (χ3n) is 3.09. The second-order valence-electron chi connectivity index (χ2n) is 5.12. The minimum atomic E-state index is 0.468. The van der Waals surface area contributed by atoms with E-state index in [1.807, 2.05) is 16.9 Å². The van der Waals surface area contributed by atoms with Crippen LogP contribution in [-0.2, 0) is 19.4 Å². The van der Waals surface area contributed by atoms with Crippen molar-refractivity contribution < 1.29 is 0 Å². The average molecular weight is 273 g/mol. The Morgan fingerprint density at radius 3 is 2.70 bits per heavy atom. The van der Waals surface area contributed by atoms with Crippen LogP contribution in [0.5, 0.6) is 0 Å². The molecule has 2 aromatic rings. The first-order valence-corrected chi connectivity index (χ1v) is 7.27. The van der Waals surface area contributed by atoms with E-state index in [2.05, 4.69) is 54.1 Å². The molecule has 1 N–H and O–H groups in total. The minimum absolute atomic E-state index is 0.468. The van der Waals surface area contributed by atoms with Crippen LogP contribution in [0.4, 0.5) is 0 Å². The van der Waals surface area contributed by atoms with Crippen LogP contribution in [0.15, 0.2) is 18.3 Å². The molecule has 0 aliphatic rings. The smallest absolute Gasteiger partial charge is 0.155 e. The van der Waals surface area contributed by atoms with Crippen LogP contribution in [0.3, 0.4) is 0 Å². The molecule has 0 saturated heterocycles. The molecule has 0 spiro atoms. The standard InChI is InChI=1S/C15H23N5/c1-5-13-18-14(6-2)20(19-13)15-9-12(7-8-16-15)10-17-11(3)4/h7-9,11,17H,5-6,10H2,1-4H3. The van der Waals surface area contributed by atoms with E-state index in [1.165, 1.54) is 5.56 Å².